The van der Waals surface area contributed by atoms with Gasteiger partial charge in [0, 0.05) is 24.5 Å². The predicted octanol–water partition coefficient (Wildman–Crippen LogP) is 7.01. The van der Waals surface area contributed by atoms with Crippen LogP contribution in [0.4, 0.5) is 5.69 Å². The topological polar surface area (TPSA) is 105 Å². The number of benzene rings is 3. The molecule has 0 N–H and O–H groups in total. The van der Waals surface area contributed by atoms with Crippen molar-refractivity contribution in [1.82, 2.24) is 0 Å². The molecule has 0 aromatic heterocycles. The summed E-state index contributed by atoms with van der Waals surface area (Å²) in [5.74, 6) is -2.42. The third-order valence-corrected chi connectivity index (χ3v) is 7.50. The van der Waals surface area contributed by atoms with Gasteiger partial charge in [-0.3, -0.25) is 19.7 Å². The summed E-state index contributed by atoms with van der Waals surface area (Å²) in [6.07, 6.45) is 4.01. The molecule has 0 bridgehead atoms. The molecule has 0 fully saturated rings. The Bertz CT molecular complexity index is 1340. The van der Waals surface area contributed by atoms with Gasteiger partial charge in [0.1, 0.15) is 11.7 Å². The van der Waals surface area contributed by atoms with E-state index in [1.807, 2.05) is 61.5 Å². The number of allylic oxidation sites excluding steroid dienone is 1. The first-order valence-corrected chi connectivity index (χ1v) is 14.0. The lowest BCUT2D eigenvalue weighted by molar-refractivity contribution is -0.384. The minimum atomic E-state index is -1.24. The number of carbonyl (C=O) groups is 2. The third kappa shape index (κ3) is 8.60. The van der Waals surface area contributed by atoms with Gasteiger partial charge in [0.25, 0.3) is 5.69 Å². The molecule has 0 radical (unpaired) electrons. The Kier molecular flexibility index (Phi) is 12.0. The van der Waals surface area contributed by atoms with Crippen LogP contribution in [0.5, 0.6) is 5.75 Å². The van der Waals surface area contributed by atoms with E-state index in [9.17, 15) is 19.7 Å². The summed E-state index contributed by atoms with van der Waals surface area (Å²) < 4.78 is 17.0. The maximum atomic E-state index is 14.2. The summed E-state index contributed by atoms with van der Waals surface area (Å²) in [6.45, 7) is 6.16. The molecule has 8 nitrogen and oxygen atoms in total. The molecule has 1 unspecified atom stereocenters. The van der Waals surface area contributed by atoms with Crippen LogP contribution in [0.25, 0.3) is 0 Å². The van der Waals surface area contributed by atoms with Crippen molar-refractivity contribution in [1.29, 1.82) is 0 Å². The molecule has 0 spiro atoms. The standard InChI is InChI=1S/C34H39NO7/c1-5-20-34(21-19-25-11-8-7-9-12-25,42-24-26-15-17-29(40-3)18-16-26)23-31(36)32(33(37)41-4)30(6-2)27-13-10-14-28(22-27)35(38)39/h6-18,22,30,32H,2,5,19-21,23-24H2,1,3-4H3/t30-,32?,34-/m1/s1. The number of non-ortho nitro benzene ring substituents is 1. The van der Waals surface area contributed by atoms with E-state index in [1.165, 1.54) is 31.4 Å². The number of nitro benzene ring substituents is 1. The molecule has 3 aromatic rings. The highest BCUT2D eigenvalue weighted by molar-refractivity contribution is 6.00. The first-order chi connectivity index (χ1) is 20.3. The van der Waals surface area contributed by atoms with Crippen LogP contribution < -0.4 is 4.74 Å². The Morgan fingerprint density at radius 1 is 0.976 bits per heavy atom. The van der Waals surface area contributed by atoms with Crippen LogP contribution in [0.3, 0.4) is 0 Å². The van der Waals surface area contributed by atoms with Crippen molar-refractivity contribution in [3.63, 3.8) is 0 Å². The van der Waals surface area contributed by atoms with Gasteiger partial charge in [-0.25, -0.2) is 0 Å². The average molecular weight is 574 g/mol. The number of ketones is 1. The number of hydrogen-bond acceptors (Lipinski definition) is 7. The molecule has 3 atom stereocenters. The fraction of sp³-hybridized carbons (Fsp3) is 0.353. The fourth-order valence-electron chi connectivity index (χ4n) is 5.27. The highest BCUT2D eigenvalue weighted by Gasteiger charge is 2.41. The number of ether oxygens (including phenoxy) is 3. The third-order valence-electron chi connectivity index (χ3n) is 7.50. The number of aryl methyl sites for hydroxylation is 1. The number of methoxy groups -OCH3 is 2. The highest BCUT2D eigenvalue weighted by atomic mass is 16.6. The molecule has 3 rings (SSSR count). The lowest BCUT2D eigenvalue weighted by atomic mass is 9.77. The van der Waals surface area contributed by atoms with E-state index in [4.69, 9.17) is 14.2 Å². The van der Waals surface area contributed by atoms with Crippen molar-refractivity contribution in [2.75, 3.05) is 14.2 Å². The maximum Gasteiger partial charge on any atom is 0.317 e. The molecular formula is C34H39NO7. The zero-order chi connectivity index (χ0) is 30.5. The van der Waals surface area contributed by atoms with Crippen molar-refractivity contribution in [3.05, 3.63) is 118 Å². The Morgan fingerprint density at radius 3 is 2.29 bits per heavy atom. The van der Waals surface area contributed by atoms with Crippen LogP contribution in [0, 0.1) is 16.0 Å². The summed E-state index contributed by atoms with van der Waals surface area (Å²) in [6, 6.07) is 23.4. The molecule has 0 saturated carbocycles. The molecule has 8 heteroatoms. The van der Waals surface area contributed by atoms with Crippen LogP contribution in [-0.2, 0) is 32.1 Å². The first-order valence-electron chi connectivity index (χ1n) is 14.0. The lowest BCUT2D eigenvalue weighted by Crippen LogP contribution is -2.40. The summed E-state index contributed by atoms with van der Waals surface area (Å²) in [5, 5.41) is 11.4. The van der Waals surface area contributed by atoms with E-state index in [1.54, 1.807) is 13.2 Å². The second-order valence-electron chi connectivity index (χ2n) is 10.3. The highest BCUT2D eigenvalue weighted by Crippen LogP contribution is 2.36. The van der Waals surface area contributed by atoms with Crippen molar-refractivity contribution in [2.45, 2.75) is 57.2 Å². The van der Waals surface area contributed by atoms with Gasteiger partial charge in [-0.1, -0.05) is 74.0 Å². The van der Waals surface area contributed by atoms with Crippen LogP contribution in [-0.4, -0.2) is 36.5 Å². The number of rotatable bonds is 17. The number of Topliss-reactive ketones (excluding diaryl/α,β-unsaturated/α-hetero) is 1. The zero-order valence-electron chi connectivity index (χ0n) is 24.5. The normalized spacial score (nSPS) is 13.8. The van der Waals surface area contributed by atoms with Gasteiger partial charge in [-0.15, -0.1) is 6.58 Å². The monoisotopic (exact) mass is 573 g/mol. The molecule has 42 heavy (non-hydrogen) atoms. The van der Waals surface area contributed by atoms with Gasteiger partial charge in [0.05, 0.1) is 31.4 Å². The van der Waals surface area contributed by atoms with Crippen molar-refractivity contribution < 1.29 is 28.7 Å². The van der Waals surface area contributed by atoms with E-state index < -0.39 is 28.3 Å². The van der Waals surface area contributed by atoms with E-state index in [0.717, 1.165) is 23.3 Å². The van der Waals surface area contributed by atoms with Crippen molar-refractivity contribution in [3.8, 4) is 5.75 Å². The summed E-state index contributed by atoms with van der Waals surface area (Å²) in [7, 11) is 2.83. The predicted molar refractivity (Wildman–Crippen MR) is 161 cm³/mol. The Hall–Kier alpha value is -4.30. The number of nitrogens with zero attached hydrogens (tertiary/aromatic N) is 1. The average Bonchev–Trinajstić information content (AvgIpc) is 3.02. The van der Waals surface area contributed by atoms with Crippen molar-refractivity contribution in [2.24, 2.45) is 5.92 Å². The van der Waals surface area contributed by atoms with Gasteiger partial charge in [-0.05, 0) is 48.1 Å². The molecule has 0 saturated heterocycles. The number of nitro groups is 1. The van der Waals surface area contributed by atoms with Gasteiger partial charge in [-0.2, -0.15) is 0 Å². The maximum absolute atomic E-state index is 14.2. The first kappa shape index (κ1) is 32.2. The Morgan fingerprint density at radius 2 is 1.69 bits per heavy atom. The second kappa shape index (κ2) is 15.6. The van der Waals surface area contributed by atoms with Crippen LogP contribution in [0.15, 0.2) is 91.5 Å². The van der Waals surface area contributed by atoms with E-state index in [0.29, 0.717) is 24.8 Å². The number of carbonyl (C=O) groups excluding carboxylic acids is 2. The van der Waals surface area contributed by atoms with Crippen LogP contribution in [0.2, 0.25) is 0 Å². The largest absolute Gasteiger partial charge is 0.497 e. The molecule has 222 valence electrons. The van der Waals surface area contributed by atoms with Gasteiger partial charge < -0.3 is 14.2 Å². The quantitative estimate of drug-likeness (QED) is 0.0562. The van der Waals surface area contributed by atoms with Crippen LogP contribution >= 0.6 is 0 Å². The molecule has 0 aliphatic carbocycles. The summed E-state index contributed by atoms with van der Waals surface area (Å²) in [4.78, 5) is 38.2. The lowest BCUT2D eigenvalue weighted by Gasteiger charge is -2.35. The molecule has 0 heterocycles. The van der Waals surface area contributed by atoms with Crippen LogP contribution in [0.1, 0.15) is 55.2 Å². The minimum absolute atomic E-state index is 0.0388. The Balaban J connectivity index is 1.97. The second-order valence-corrected chi connectivity index (χ2v) is 10.3. The van der Waals surface area contributed by atoms with Crippen molar-refractivity contribution >= 4 is 17.4 Å². The SMILES string of the molecule is C=C[C@H](c1cccc([N+](=O)[O-])c1)C(C(=O)C[C@@](CCC)(CCc1ccccc1)OCc1ccc(OC)cc1)C(=O)OC. The van der Waals surface area contributed by atoms with Gasteiger partial charge in [0.2, 0.25) is 0 Å². The van der Waals surface area contributed by atoms with E-state index in [-0.39, 0.29) is 24.5 Å². The molecule has 0 aliphatic rings. The summed E-state index contributed by atoms with van der Waals surface area (Å²) in [5.41, 5.74) is 1.47. The van der Waals surface area contributed by atoms with E-state index >= 15 is 0 Å². The van der Waals surface area contributed by atoms with E-state index in [2.05, 4.69) is 6.58 Å². The molecule has 0 aliphatic heterocycles. The molecule has 3 aromatic carbocycles. The molecule has 0 amide bonds. The number of esters is 1. The zero-order valence-corrected chi connectivity index (χ0v) is 24.5. The summed E-state index contributed by atoms with van der Waals surface area (Å²) >= 11 is 0. The smallest absolute Gasteiger partial charge is 0.317 e. The number of hydrogen-bond donors (Lipinski definition) is 0. The van der Waals surface area contributed by atoms with Gasteiger partial charge >= 0.3 is 5.97 Å². The Labute approximate surface area is 247 Å². The fourth-order valence-corrected chi connectivity index (χ4v) is 5.27. The minimum Gasteiger partial charge on any atom is -0.497 e. The molecular weight excluding hydrogens is 534 g/mol. The van der Waals surface area contributed by atoms with Gasteiger partial charge in [0.15, 0.2) is 5.78 Å².